The lowest BCUT2D eigenvalue weighted by atomic mass is 10.3. The number of para-hydroxylation sites is 2. The number of nitrogens with zero attached hydrogens (tertiary/aromatic N) is 1. The lowest BCUT2D eigenvalue weighted by molar-refractivity contribution is 0.419. The topological polar surface area (TPSA) is 48.9 Å². The second-order valence-electron chi connectivity index (χ2n) is 2.92. The van der Waals surface area contributed by atoms with Gasteiger partial charge in [0.05, 0.1) is 16.8 Å². The van der Waals surface area contributed by atoms with Gasteiger partial charge in [0.25, 0.3) is 0 Å². The van der Waals surface area contributed by atoms with Crippen molar-refractivity contribution in [1.82, 2.24) is 9.97 Å². The van der Waals surface area contributed by atoms with Crippen LogP contribution in [-0.2, 0) is 0 Å². The quantitative estimate of drug-likeness (QED) is 0.652. The number of aliphatic hydroxyl groups excluding tert-OH is 1. The monoisotopic (exact) mass is 174 g/mol. The molecule has 0 radical (unpaired) electrons. The van der Waals surface area contributed by atoms with Crippen LogP contribution in [0.25, 0.3) is 17.1 Å². The zero-order valence-electron chi connectivity index (χ0n) is 7.28. The molecule has 66 valence electrons. The van der Waals surface area contributed by atoms with Gasteiger partial charge in [0.15, 0.2) is 0 Å². The molecule has 0 amide bonds. The number of rotatable bonds is 1. The van der Waals surface area contributed by atoms with E-state index in [1.165, 1.54) is 0 Å². The van der Waals surface area contributed by atoms with Gasteiger partial charge in [-0.2, -0.15) is 0 Å². The van der Waals surface area contributed by atoms with Crippen LogP contribution < -0.4 is 0 Å². The smallest absolute Gasteiger partial charge is 0.134 e. The second kappa shape index (κ2) is 2.94. The molecule has 13 heavy (non-hydrogen) atoms. The van der Waals surface area contributed by atoms with Crippen molar-refractivity contribution in [3.8, 4) is 0 Å². The van der Waals surface area contributed by atoms with E-state index in [0.717, 1.165) is 11.0 Å². The zero-order chi connectivity index (χ0) is 9.26. The molecule has 0 spiro atoms. The van der Waals surface area contributed by atoms with Gasteiger partial charge in [-0.1, -0.05) is 12.1 Å². The molecule has 0 fully saturated rings. The Labute approximate surface area is 75.7 Å². The molecule has 0 atom stereocenters. The Morgan fingerprint density at radius 2 is 2.23 bits per heavy atom. The summed E-state index contributed by atoms with van der Waals surface area (Å²) in [5, 5.41) is 9.03. The third-order valence-corrected chi connectivity index (χ3v) is 1.75. The Hall–Kier alpha value is -1.77. The highest BCUT2D eigenvalue weighted by molar-refractivity contribution is 5.76. The van der Waals surface area contributed by atoms with Crippen LogP contribution in [0.3, 0.4) is 0 Å². The maximum Gasteiger partial charge on any atom is 0.134 e. The molecule has 3 heteroatoms. The lowest BCUT2D eigenvalue weighted by Crippen LogP contribution is -1.76. The third-order valence-electron chi connectivity index (χ3n) is 1.75. The molecule has 0 aliphatic heterocycles. The molecule has 0 saturated carbocycles. The van der Waals surface area contributed by atoms with Crippen molar-refractivity contribution in [1.29, 1.82) is 0 Å². The van der Waals surface area contributed by atoms with E-state index in [0.29, 0.717) is 5.82 Å². The van der Waals surface area contributed by atoms with E-state index in [-0.39, 0.29) is 5.76 Å². The van der Waals surface area contributed by atoms with E-state index in [1.54, 1.807) is 13.0 Å². The van der Waals surface area contributed by atoms with Crippen LogP contribution in [0.4, 0.5) is 0 Å². The third kappa shape index (κ3) is 1.54. The Balaban J connectivity index is 2.56. The van der Waals surface area contributed by atoms with Gasteiger partial charge in [0.1, 0.15) is 5.82 Å². The van der Waals surface area contributed by atoms with Gasteiger partial charge >= 0.3 is 0 Å². The van der Waals surface area contributed by atoms with Crippen molar-refractivity contribution < 1.29 is 5.11 Å². The lowest BCUT2D eigenvalue weighted by Gasteiger charge is -1.84. The van der Waals surface area contributed by atoms with Gasteiger partial charge in [-0.15, -0.1) is 0 Å². The van der Waals surface area contributed by atoms with E-state index in [2.05, 4.69) is 9.97 Å². The Bertz CT molecular complexity index is 420. The number of aromatic amines is 1. The number of hydrogen-bond acceptors (Lipinski definition) is 2. The van der Waals surface area contributed by atoms with Crippen molar-refractivity contribution in [2.75, 3.05) is 0 Å². The summed E-state index contributed by atoms with van der Waals surface area (Å²) in [6.45, 7) is 1.62. The predicted molar refractivity (Wildman–Crippen MR) is 52.4 cm³/mol. The van der Waals surface area contributed by atoms with E-state index in [1.807, 2.05) is 24.3 Å². The van der Waals surface area contributed by atoms with Crippen LogP contribution >= 0.6 is 0 Å². The summed E-state index contributed by atoms with van der Waals surface area (Å²) in [4.78, 5) is 7.34. The van der Waals surface area contributed by atoms with Crippen LogP contribution in [0, 0.1) is 0 Å². The number of allylic oxidation sites excluding steroid dienone is 1. The first-order chi connectivity index (χ1) is 6.25. The van der Waals surface area contributed by atoms with Crippen molar-refractivity contribution >= 4 is 17.1 Å². The Kier molecular flexibility index (Phi) is 1.77. The number of hydrogen-bond donors (Lipinski definition) is 2. The molecule has 0 saturated heterocycles. The highest BCUT2D eigenvalue weighted by Gasteiger charge is 1.98. The van der Waals surface area contributed by atoms with Crippen LogP contribution in [0.5, 0.6) is 0 Å². The molecule has 1 aromatic carbocycles. The van der Waals surface area contributed by atoms with Crippen LogP contribution in [-0.4, -0.2) is 15.1 Å². The van der Waals surface area contributed by atoms with Crippen molar-refractivity contribution in [3.63, 3.8) is 0 Å². The minimum Gasteiger partial charge on any atom is -0.512 e. The fourth-order valence-corrected chi connectivity index (χ4v) is 1.24. The second-order valence-corrected chi connectivity index (χ2v) is 2.92. The van der Waals surface area contributed by atoms with Gasteiger partial charge in [0.2, 0.25) is 0 Å². The van der Waals surface area contributed by atoms with Gasteiger partial charge in [-0.3, -0.25) is 0 Å². The molecule has 2 rings (SSSR count). The molecule has 0 aliphatic carbocycles. The Morgan fingerprint density at radius 3 is 2.92 bits per heavy atom. The number of benzene rings is 1. The normalized spacial score (nSPS) is 12.2. The summed E-state index contributed by atoms with van der Waals surface area (Å²) in [6.07, 6.45) is 1.60. The summed E-state index contributed by atoms with van der Waals surface area (Å²) in [5.74, 6) is 0.931. The maximum absolute atomic E-state index is 9.03. The number of fused-ring (bicyclic) bond motifs is 1. The molecule has 0 aliphatic rings. The largest absolute Gasteiger partial charge is 0.512 e. The first-order valence-electron chi connectivity index (χ1n) is 4.08. The Morgan fingerprint density at radius 1 is 1.46 bits per heavy atom. The van der Waals surface area contributed by atoms with Crippen molar-refractivity contribution in [2.45, 2.75) is 6.92 Å². The number of imidazole rings is 1. The van der Waals surface area contributed by atoms with E-state index in [4.69, 9.17) is 5.11 Å². The molecular weight excluding hydrogens is 164 g/mol. The molecule has 1 heterocycles. The summed E-state index contributed by atoms with van der Waals surface area (Å²) < 4.78 is 0. The molecule has 0 bridgehead atoms. The summed E-state index contributed by atoms with van der Waals surface area (Å²) in [7, 11) is 0. The van der Waals surface area contributed by atoms with Gasteiger partial charge in [-0.05, 0) is 19.1 Å². The number of aliphatic hydroxyl groups is 1. The van der Waals surface area contributed by atoms with Gasteiger partial charge in [0, 0.05) is 6.08 Å². The molecule has 0 unspecified atom stereocenters. The number of H-pyrrole nitrogens is 1. The van der Waals surface area contributed by atoms with Crippen molar-refractivity contribution in [3.05, 3.63) is 35.8 Å². The fourth-order valence-electron chi connectivity index (χ4n) is 1.24. The predicted octanol–water partition coefficient (Wildman–Crippen LogP) is 2.48. The number of nitrogens with one attached hydrogen (secondary N) is 1. The molecule has 2 N–H and O–H groups in total. The SMILES string of the molecule is CC(O)=Cc1nc2ccccc2[nH]1. The fraction of sp³-hybridized carbons (Fsp3) is 0.100. The van der Waals surface area contributed by atoms with Crippen LogP contribution in [0.15, 0.2) is 30.0 Å². The minimum atomic E-state index is 0.249. The maximum atomic E-state index is 9.03. The van der Waals surface area contributed by atoms with E-state index in [9.17, 15) is 0 Å². The number of aromatic nitrogens is 2. The zero-order valence-corrected chi connectivity index (χ0v) is 7.28. The minimum absolute atomic E-state index is 0.249. The summed E-state index contributed by atoms with van der Waals surface area (Å²) >= 11 is 0. The van der Waals surface area contributed by atoms with E-state index < -0.39 is 0 Å². The molecular formula is C10H10N2O. The first kappa shape index (κ1) is 7.86. The summed E-state index contributed by atoms with van der Waals surface area (Å²) in [5.41, 5.74) is 1.89. The highest BCUT2D eigenvalue weighted by Crippen LogP contribution is 2.11. The molecule has 2 aromatic rings. The standard InChI is InChI=1S/C10H10N2O/c1-7(13)6-10-11-8-4-2-3-5-9(8)12-10/h2-6,13H,1H3,(H,11,12). The molecule has 3 nitrogen and oxygen atoms in total. The first-order valence-corrected chi connectivity index (χ1v) is 4.08. The molecule has 1 aromatic heterocycles. The van der Waals surface area contributed by atoms with Crippen LogP contribution in [0.1, 0.15) is 12.7 Å². The average molecular weight is 174 g/mol. The van der Waals surface area contributed by atoms with Crippen molar-refractivity contribution in [2.24, 2.45) is 0 Å². The van der Waals surface area contributed by atoms with Gasteiger partial charge < -0.3 is 10.1 Å². The summed E-state index contributed by atoms with van der Waals surface area (Å²) in [6, 6.07) is 7.75. The van der Waals surface area contributed by atoms with E-state index >= 15 is 0 Å². The highest BCUT2D eigenvalue weighted by atomic mass is 16.3. The van der Waals surface area contributed by atoms with Crippen LogP contribution in [0.2, 0.25) is 0 Å². The average Bonchev–Trinajstić information content (AvgIpc) is 2.44. The van der Waals surface area contributed by atoms with Gasteiger partial charge in [-0.25, -0.2) is 4.98 Å².